The molecule has 0 bridgehead atoms. The van der Waals surface area contributed by atoms with E-state index in [0.29, 0.717) is 17.2 Å². The summed E-state index contributed by atoms with van der Waals surface area (Å²) in [6.07, 6.45) is 2.42. The molecule has 146 valence electrons. The molecule has 0 saturated carbocycles. The number of nitrogens with zero attached hydrogens (tertiary/aromatic N) is 3. The van der Waals surface area contributed by atoms with Crippen LogP contribution in [0.1, 0.15) is 16.8 Å². The van der Waals surface area contributed by atoms with E-state index in [9.17, 15) is 9.59 Å². The lowest BCUT2D eigenvalue weighted by atomic mass is 10.1. The van der Waals surface area contributed by atoms with Crippen LogP contribution in [0.4, 0.5) is 5.13 Å². The summed E-state index contributed by atoms with van der Waals surface area (Å²) in [6.45, 7) is 1.35. The SMILES string of the molecule is CN(C)CCCN(CC(=O)Nc1nccs1)C(=O)c1ccc2ccccc2c1. The number of fused-ring (bicyclic) bond motifs is 1. The maximum Gasteiger partial charge on any atom is 0.254 e. The average Bonchev–Trinajstić information content (AvgIpc) is 3.19. The number of rotatable bonds is 8. The van der Waals surface area contributed by atoms with Crippen LogP contribution in [0.15, 0.2) is 54.0 Å². The smallest absolute Gasteiger partial charge is 0.254 e. The Morgan fingerprint density at radius 2 is 1.86 bits per heavy atom. The van der Waals surface area contributed by atoms with Crippen LogP contribution in [0.3, 0.4) is 0 Å². The van der Waals surface area contributed by atoms with Crippen LogP contribution >= 0.6 is 11.3 Å². The quantitative estimate of drug-likeness (QED) is 0.634. The second-order valence-corrected chi connectivity index (χ2v) is 7.73. The van der Waals surface area contributed by atoms with Crippen molar-refractivity contribution in [3.63, 3.8) is 0 Å². The number of benzene rings is 2. The van der Waals surface area contributed by atoms with Crippen molar-refractivity contribution in [1.29, 1.82) is 0 Å². The first-order valence-electron chi connectivity index (χ1n) is 9.15. The molecule has 3 aromatic rings. The van der Waals surface area contributed by atoms with E-state index >= 15 is 0 Å². The summed E-state index contributed by atoms with van der Waals surface area (Å²) in [7, 11) is 3.98. The van der Waals surface area contributed by atoms with Gasteiger partial charge in [-0.05, 0) is 50.0 Å². The van der Waals surface area contributed by atoms with Crippen LogP contribution in [0.5, 0.6) is 0 Å². The van der Waals surface area contributed by atoms with E-state index < -0.39 is 0 Å². The molecule has 1 heterocycles. The Hall–Kier alpha value is -2.77. The average molecular weight is 397 g/mol. The molecule has 0 aliphatic heterocycles. The predicted octanol–water partition coefficient (Wildman–Crippen LogP) is 3.33. The fourth-order valence-corrected chi connectivity index (χ4v) is 3.50. The van der Waals surface area contributed by atoms with E-state index in [4.69, 9.17) is 0 Å². The Morgan fingerprint density at radius 3 is 2.57 bits per heavy atom. The van der Waals surface area contributed by atoms with E-state index in [0.717, 1.165) is 23.7 Å². The van der Waals surface area contributed by atoms with Gasteiger partial charge in [0.2, 0.25) is 5.91 Å². The zero-order valence-electron chi connectivity index (χ0n) is 16.1. The molecule has 0 fully saturated rings. The van der Waals surface area contributed by atoms with Gasteiger partial charge in [-0.15, -0.1) is 11.3 Å². The van der Waals surface area contributed by atoms with Gasteiger partial charge in [0.1, 0.15) is 6.54 Å². The summed E-state index contributed by atoms with van der Waals surface area (Å²) in [5, 5.41) is 7.18. The summed E-state index contributed by atoms with van der Waals surface area (Å²) < 4.78 is 0. The van der Waals surface area contributed by atoms with Crippen LogP contribution in [0, 0.1) is 0 Å². The summed E-state index contributed by atoms with van der Waals surface area (Å²) >= 11 is 1.35. The van der Waals surface area contributed by atoms with E-state index in [1.807, 2.05) is 56.6 Å². The third kappa shape index (κ3) is 5.37. The minimum absolute atomic E-state index is 0.00132. The van der Waals surface area contributed by atoms with Crippen molar-refractivity contribution >= 4 is 39.1 Å². The number of carbonyl (C=O) groups excluding carboxylic acids is 2. The van der Waals surface area contributed by atoms with E-state index in [1.165, 1.54) is 11.3 Å². The number of carbonyl (C=O) groups is 2. The maximum absolute atomic E-state index is 13.1. The van der Waals surface area contributed by atoms with E-state index in [-0.39, 0.29) is 18.4 Å². The molecule has 0 aliphatic carbocycles. The molecule has 1 aromatic heterocycles. The molecule has 0 spiro atoms. The lowest BCUT2D eigenvalue weighted by molar-refractivity contribution is -0.116. The van der Waals surface area contributed by atoms with Crippen molar-refractivity contribution in [2.24, 2.45) is 0 Å². The fraction of sp³-hybridized carbons (Fsp3) is 0.286. The molecular weight excluding hydrogens is 372 g/mol. The molecule has 3 rings (SSSR count). The molecule has 6 nitrogen and oxygen atoms in total. The summed E-state index contributed by atoms with van der Waals surface area (Å²) in [5.74, 6) is -0.382. The summed E-state index contributed by atoms with van der Waals surface area (Å²) in [4.78, 5) is 33.3. The molecule has 2 amide bonds. The van der Waals surface area contributed by atoms with Gasteiger partial charge in [-0.1, -0.05) is 30.3 Å². The first-order chi connectivity index (χ1) is 13.5. The zero-order valence-corrected chi connectivity index (χ0v) is 16.9. The lowest BCUT2D eigenvalue weighted by Gasteiger charge is -2.23. The number of thiazole rings is 1. The van der Waals surface area contributed by atoms with Crippen molar-refractivity contribution in [3.05, 3.63) is 59.6 Å². The number of nitrogens with one attached hydrogen (secondary N) is 1. The molecule has 7 heteroatoms. The van der Waals surface area contributed by atoms with Gasteiger partial charge in [0.15, 0.2) is 5.13 Å². The Bertz CT molecular complexity index is 940. The van der Waals surface area contributed by atoms with Gasteiger partial charge in [-0.25, -0.2) is 4.98 Å². The monoisotopic (exact) mass is 396 g/mol. The van der Waals surface area contributed by atoms with Crippen molar-refractivity contribution < 1.29 is 9.59 Å². The second kappa shape index (κ2) is 9.43. The summed E-state index contributed by atoms with van der Waals surface area (Å²) in [5.41, 5.74) is 0.589. The molecule has 0 atom stereocenters. The number of hydrogen-bond acceptors (Lipinski definition) is 5. The Balaban J connectivity index is 1.75. The highest BCUT2D eigenvalue weighted by molar-refractivity contribution is 7.13. The van der Waals surface area contributed by atoms with Crippen LogP contribution in [-0.2, 0) is 4.79 Å². The molecule has 1 N–H and O–H groups in total. The molecule has 0 saturated heterocycles. The molecule has 0 aliphatic rings. The van der Waals surface area contributed by atoms with E-state index in [2.05, 4.69) is 15.2 Å². The minimum Gasteiger partial charge on any atom is -0.329 e. The van der Waals surface area contributed by atoms with Crippen molar-refractivity contribution in [1.82, 2.24) is 14.8 Å². The molecular formula is C21H24N4O2S. The Morgan fingerprint density at radius 1 is 1.07 bits per heavy atom. The number of hydrogen-bond donors (Lipinski definition) is 1. The fourth-order valence-electron chi connectivity index (χ4n) is 2.95. The normalized spacial score (nSPS) is 11.0. The van der Waals surface area contributed by atoms with Crippen LogP contribution in [0.2, 0.25) is 0 Å². The first-order valence-corrected chi connectivity index (χ1v) is 10.0. The van der Waals surface area contributed by atoms with E-state index in [1.54, 1.807) is 16.5 Å². The highest BCUT2D eigenvalue weighted by atomic mass is 32.1. The minimum atomic E-state index is -0.242. The molecule has 2 aromatic carbocycles. The van der Waals surface area contributed by atoms with Crippen LogP contribution < -0.4 is 5.32 Å². The predicted molar refractivity (Wildman–Crippen MR) is 114 cm³/mol. The van der Waals surface area contributed by atoms with Gasteiger partial charge in [0.05, 0.1) is 0 Å². The maximum atomic E-state index is 13.1. The Kier molecular flexibility index (Phi) is 6.73. The van der Waals surface area contributed by atoms with Crippen LogP contribution in [-0.4, -0.2) is 60.3 Å². The van der Waals surface area contributed by atoms with Gasteiger partial charge in [-0.3, -0.25) is 9.59 Å². The highest BCUT2D eigenvalue weighted by Gasteiger charge is 2.19. The Labute approximate surface area is 168 Å². The van der Waals surface area contributed by atoms with Gasteiger partial charge in [-0.2, -0.15) is 0 Å². The van der Waals surface area contributed by atoms with Crippen LogP contribution in [0.25, 0.3) is 10.8 Å². The van der Waals surface area contributed by atoms with Gasteiger partial charge in [0, 0.05) is 23.7 Å². The zero-order chi connectivity index (χ0) is 19.9. The topological polar surface area (TPSA) is 65.5 Å². The van der Waals surface area contributed by atoms with Gasteiger partial charge >= 0.3 is 0 Å². The molecule has 28 heavy (non-hydrogen) atoms. The van der Waals surface area contributed by atoms with Crippen molar-refractivity contribution in [3.8, 4) is 0 Å². The van der Waals surface area contributed by atoms with Gasteiger partial charge < -0.3 is 15.1 Å². The lowest BCUT2D eigenvalue weighted by Crippen LogP contribution is -2.39. The molecule has 0 unspecified atom stereocenters. The van der Waals surface area contributed by atoms with Crippen molar-refractivity contribution in [2.45, 2.75) is 6.42 Å². The number of anilines is 1. The highest BCUT2D eigenvalue weighted by Crippen LogP contribution is 2.17. The van der Waals surface area contributed by atoms with Gasteiger partial charge in [0.25, 0.3) is 5.91 Å². The number of amides is 2. The number of aromatic nitrogens is 1. The molecule has 0 radical (unpaired) electrons. The third-order valence-corrected chi connectivity index (χ3v) is 5.02. The first kappa shape index (κ1) is 20.0. The third-order valence-electron chi connectivity index (χ3n) is 4.33. The standard InChI is InChI=1S/C21H24N4O2S/c1-24(2)11-5-12-25(15-19(26)23-21-22-10-13-28-21)20(27)18-9-8-16-6-3-4-7-17(16)14-18/h3-4,6-10,13-14H,5,11-12,15H2,1-2H3,(H,22,23,26). The largest absolute Gasteiger partial charge is 0.329 e. The van der Waals surface area contributed by atoms with Crippen molar-refractivity contribution in [2.75, 3.05) is 39.0 Å². The second-order valence-electron chi connectivity index (χ2n) is 6.83. The summed E-state index contributed by atoms with van der Waals surface area (Å²) in [6, 6.07) is 13.6.